The van der Waals surface area contributed by atoms with Crippen LogP contribution in [0.1, 0.15) is 17.5 Å². The zero-order chi connectivity index (χ0) is 12.8. The molecule has 1 heteroatoms. The molecule has 0 radical (unpaired) electrons. The van der Waals surface area contributed by atoms with Crippen molar-refractivity contribution in [3.63, 3.8) is 0 Å². The van der Waals surface area contributed by atoms with Crippen molar-refractivity contribution in [2.24, 2.45) is 5.73 Å². The minimum absolute atomic E-state index is 0.706. The van der Waals surface area contributed by atoms with Crippen molar-refractivity contribution in [2.45, 2.75) is 13.3 Å². The maximum absolute atomic E-state index is 5.46. The Morgan fingerprint density at radius 3 is 2.44 bits per heavy atom. The molecule has 0 fully saturated rings. The van der Waals surface area contributed by atoms with Crippen molar-refractivity contribution in [3.05, 3.63) is 65.7 Å². The number of benzene rings is 2. The van der Waals surface area contributed by atoms with Crippen LogP contribution in [0, 0.1) is 6.92 Å². The van der Waals surface area contributed by atoms with Crippen molar-refractivity contribution in [1.82, 2.24) is 0 Å². The van der Waals surface area contributed by atoms with Crippen LogP contribution in [-0.4, -0.2) is 6.54 Å². The molecule has 0 aromatic heterocycles. The molecule has 0 saturated carbocycles. The SMILES string of the molecule is Cc1cccc(-c2ccc(/C=C/CCN)cc2)c1. The Kier molecular flexibility index (Phi) is 4.32. The maximum Gasteiger partial charge on any atom is -0.00425 e. The smallest absolute Gasteiger partial charge is 0.00425 e. The third kappa shape index (κ3) is 3.31. The molecule has 0 aliphatic carbocycles. The minimum Gasteiger partial charge on any atom is -0.330 e. The van der Waals surface area contributed by atoms with Gasteiger partial charge in [0.05, 0.1) is 0 Å². The Balaban J connectivity index is 2.17. The number of nitrogens with two attached hydrogens (primary N) is 1. The predicted octanol–water partition coefficient (Wildman–Crippen LogP) is 4.02. The molecule has 2 rings (SSSR count). The highest BCUT2D eigenvalue weighted by atomic mass is 14.5. The molecular formula is C17H19N. The van der Waals surface area contributed by atoms with Crippen LogP contribution in [-0.2, 0) is 0 Å². The van der Waals surface area contributed by atoms with E-state index in [9.17, 15) is 0 Å². The number of hydrogen-bond donors (Lipinski definition) is 1. The first-order chi connectivity index (χ1) is 8.79. The lowest BCUT2D eigenvalue weighted by Crippen LogP contribution is -1.94. The molecule has 92 valence electrons. The molecule has 1 nitrogen and oxygen atoms in total. The molecule has 18 heavy (non-hydrogen) atoms. The van der Waals surface area contributed by atoms with Crippen LogP contribution >= 0.6 is 0 Å². The van der Waals surface area contributed by atoms with Gasteiger partial charge in [0.2, 0.25) is 0 Å². The fourth-order valence-corrected chi connectivity index (χ4v) is 1.93. The van der Waals surface area contributed by atoms with Gasteiger partial charge in [0.25, 0.3) is 0 Å². The molecule has 0 spiro atoms. The van der Waals surface area contributed by atoms with Gasteiger partial charge in [-0.1, -0.05) is 66.2 Å². The van der Waals surface area contributed by atoms with Crippen LogP contribution in [0.4, 0.5) is 0 Å². The van der Waals surface area contributed by atoms with Gasteiger partial charge in [-0.15, -0.1) is 0 Å². The van der Waals surface area contributed by atoms with Gasteiger partial charge in [-0.3, -0.25) is 0 Å². The Hall–Kier alpha value is -1.86. The van der Waals surface area contributed by atoms with Crippen LogP contribution in [0.3, 0.4) is 0 Å². The molecule has 0 heterocycles. The standard InChI is InChI=1S/C17H19N/c1-14-5-4-7-17(13-14)16-10-8-15(9-11-16)6-2-3-12-18/h2,4-11,13H,3,12,18H2,1H3/b6-2+. The second-order valence-electron chi connectivity index (χ2n) is 4.47. The van der Waals surface area contributed by atoms with Crippen LogP contribution in [0.5, 0.6) is 0 Å². The summed E-state index contributed by atoms with van der Waals surface area (Å²) in [5.74, 6) is 0. The van der Waals surface area contributed by atoms with E-state index < -0.39 is 0 Å². The molecule has 0 atom stereocenters. The Morgan fingerprint density at radius 2 is 1.78 bits per heavy atom. The first-order valence-corrected chi connectivity index (χ1v) is 6.33. The third-order valence-electron chi connectivity index (χ3n) is 2.91. The van der Waals surface area contributed by atoms with Crippen molar-refractivity contribution in [1.29, 1.82) is 0 Å². The summed E-state index contributed by atoms with van der Waals surface area (Å²) in [4.78, 5) is 0. The minimum atomic E-state index is 0.706. The van der Waals surface area contributed by atoms with E-state index in [0.717, 1.165) is 6.42 Å². The van der Waals surface area contributed by atoms with E-state index in [1.54, 1.807) is 0 Å². The first kappa shape index (κ1) is 12.6. The molecule has 0 saturated heterocycles. The van der Waals surface area contributed by atoms with Crippen LogP contribution in [0.2, 0.25) is 0 Å². The van der Waals surface area contributed by atoms with Crippen molar-refractivity contribution in [2.75, 3.05) is 6.54 Å². The normalized spacial score (nSPS) is 11.0. The summed E-state index contributed by atoms with van der Waals surface area (Å²) in [6, 6.07) is 17.2. The molecule has 0 unspecified atom stereocenters. The van der Waals surface area contributed by atoms with Crippen LogP contribution in [0.25, 0.3) is 17.2 Å². The van der Waals surface area contributed by atoms with E-state index in [2.05, 4.69) is 67.6 Å². The van der Waals surface area contributed by atoms with E-state index in [-0.39, 0.29) is 0 Å². The molecule has 2 aromatic rings. The van der Waals surface area contributed by atoms with Crippen molar-refractivity contribution < 1.29 is 0 Å². The Labute approximate surface area is 109 Å². The average molecular weight is 237 g/mol. The monoisotopic (exact) mass is 237 g/mol. The summed E-state index contributed by atoms with van der Waals surface area (Å²) >= 11 is 0. The van der Waals surface area contributed by atoms with Gasteiger partial charge in [-0.05, 0) is 36.6 Å². The fourth-order valence-electron chi connectivity index (χ4n) is 1.93. The lowest BCUT2D eigenvalue weighted by atomic mass is 10.0. The van der Waals surface area contributed by atoms with Crippen LogP contribution < -0.4 is 5.73 Å². The van der Waals surface area contributed by atoms with Gasteiger partial charge in [0.1, 0.15) is 0 Å². The van der Waals surface area contributed by atoms with Gasteiger partial charge in [-0.2, -0.15) is 0 Å². The number of rotatable bonds is 4. The molecular weight excluding hydrogens is 218 g/mol. The highest BCUT2D eigenvalue weighted by Crippen LogP contribution is 2.21. The Morgan fingerprint density at radius 1 is 1.00 bits per heavy atom. The van der Waals surface area contributed by atoms with Gasteiger partial charge < -0.3 is 5.73 Å². The molecule has 0 amide bonds. The summed E-state index contributed by atoms with van der Waals surface area (Å²) in [7, 11) is 0. The number of hydrogen-bond acceptors (Lipinski definition) is 1. The topological polar surface area (TPSA) is 26.0 Å². The van der Waals surface area contributed by atoms with Gasteiger partial charge >= 0.3 is 0 Å². The predicted molar refractivity (Wildman–Crippen MR) is 79.3 cm³/mol. The molecule has 0 bridgehead atoms. The second-order valence-corrected chi connectivity index (χ2v) is 4.47. The molecule has 2 aromatic carbocycles. The number of aryl methyl sites for hydroxylation is 1. The summed E-state index contributed by atoms with van der Waals surface area (Å²) in [5.41, 5.74) is 10.5. The summed E-state index contributed by atoms with van der Waals surface area (Å²) in [6.45, 7) is 2.82. The highest BCUT2D eigenvalue weighted by molar-refractivity contribution is 5.66. The quantitative estimate of drug-likeness (QED) is 0.853. The van der Waals surface area contributed by atoms with Gasteiger partial charge in [0.15, 0.2) is 0 Å². The lowest BCUT2D eigenvalue weighted by Gasteiger charge is -2.03. The average Bonchev–Trinajstić information content (AvgIpc) is 2.40. The van der Waals surface area contributed by atoms with E-state index in [1.807, 2.05) is 0 Å². The molecule has 2 N–H and O–H groups in total. The van der Waals surface area contributed by atoms with Crippen molar-refractivity contribution >= 4 is 6.08 Å². The lowest BCUT2D eigenvalue weighted by molar-refractivity contribution is 1.01. The Bertz CT molecular complexity index is 524. The summed E-state index contributed by atoms with van der Waals surface area (Å²) in [6.07, 6.45) is 5.16. The second kappa shape index (κ2) is 6.18. The van der Waals surface area contributed by atoms with E-state index in [0.29, 0.717) is 6.54 Å². The summed E-state index contributed by atoms with van der Waals surface area (Å²) < 4.78 is 0. The van der Waals surface area contributed by atoms with Crippen molar-refractivity contribution in [3.8, 4) is 11.1 Å². The van der Waals surface area contributed by atoms with E-state index in [4.69, 9.17) is 5.73 Å². The highest BCUT2D eigenvalue weighted by Gasteiger charge is 1.97. The molecule has 0 aliphatic heterocycles. The van der Waals surface area contributed by atoms with E-state index >= 15 is 0 Å². The molecule has 0 aliphatic rings. The van der Waals surface area contributed by atoms with E-state index in [1.165, 1.54) is 22.3 Å². The largest absolute Gasteiger partial charge is 0.330 e. The summed E-state index contributed by atoms with van der Waals surface area (Å²) in [5, 5.41) is 0. The maximum atomic E-state index is 5.46. The fraction of sp³-hybridized carbons (Fsp3) is 0.176. The third-order valence-corrected chi connectivity index (χ3v) is 2.91. The van der Waals surface area contributed by atoms with Gasteiger partial charge in [0, 0.05) is 0 Å². The van der Waals surface area contributed by atoms with Crippen LogP contribution in [0.15, 0.2) is 54.6 Å². The zero-order valence-electron chi connectivity index (χ0n) is 10.8. The first-order valence-electron chi connectivity index (χ1n) is 6.33. The zero-order valence-corrected chi connectivity index (χ0v) is 10.8. The van der Waals surface area contributed by atoms with Gasteiger partial charge in [-0.25, -0.2) is 0 Å².